The van der Waals surface area contributed by atoms with Crippen LogP contribution in [-0.2, 0) is 6.54 Å². The first-order valence-electron chi connectivity index (χ1n) is 7.80. The van der Waals surface area contributed by atoms with E-state index in [1.807, 2.05) is 41.8 Å². The summed E-state index contributed by atoms with van der Waals surface area (Å²) in [4.78, 5) is 4.48. The van der Waals surface area contributed by atoms with Crippen LogP contribution in [0.25, 0.3) is 22.5 Å². The monoisotopic (exact) mass is 344 g/mol. The van der Waals surface area contributed by atoms with E-state index in [1.54, 1.807) is 12.4 Å². The highest BCUT2D eigenvalue weighted by Crippen LogP contribution is 2.38. The molecule has 3 nitrogen and oxygen atoms in total. The molecule has 24 heavy (non-hydrogen) atoms. The zero-order chi connectivity index (χ0) is 17.1. The largest absolute Gasteiger partial charge is 0.396 e. The van der Waals surface area contributed by atoms with Gasteiger partial charge in [0, 0.05) is 18.7 Å². The molecule has 0 aliphatic rings. The van der Waals surface area contributed by atoms with Crippen molar-refractivity contribution in [3.05, 3.63) is 65.2 Å². The van der Waals surface area contributed by atoms with Crippen molar-refractivity contribution in [3.63, 3.8) is 0 Å². The first kappa shape index (κ1) is 16.7. The zero-order valence-electron chi connectivity index (χ0n) is 13.3. The third-order valence-corrected chi connectivity index (χ3v) is 4.45. The van der Waals surface area contributed by atoms with Crippen LogP contribution < -0.4 is 0 Å². The summed E-state index contributed by atoms with van der Waals surface area (Å²) in [6.45, 7) is 2.44. The average molecular weight is 345 g/mol. The molecule has 0 fully saturated rings. The molecule has 5 heteroatoms. The summed E-state index contributed by atoms with van der Waals surface area (Å²) in [5, 5.41) is 9.52. The van der Waals surface area contributed by atoms with Gasteiger partial charge in [0.1, 0.15) is 5.82 Å². The average Bonchev–Trinajstić information content (AvgIpc) is 3.01. The fourth-order valence-corrected chi connectivity index (χ4v) is 2.98. The predicted octanol–water partition coefficient (Wildman–Crippen LogP) is 4.70. The third-order valence-electron chi connectivity index (χ3n) is 3.96. The topological polar surface area (TPSA) is 38.0 Å². The van der Waals surface area contributed by atoms with Crippen LogP contribution in [0.1, 0.15) is 12.0 Å². The van der Waals surface area contributed by atoms with Gasteiger partial charge in [-0.1, -0.05) is 48.0 Å². The van der Waals surface area contributed by atoms with Gasteiger partial charge in [0.05, 0.1) is 28.3 Å². The molecule has 1 aromatic heterocycles. The Morgan fingerprint density at radius 2 is 1.92 bits per heavy atom. The lowest BCUT2D eigenvalue weighted by Gasteiger charge is -2.14. The maximum atomic E-state index is 14.6. The Kier molecular flexibility index (Phi) is 4.97. The van der Waals surface area contributed by atoms with E-state index in [9.17, 15) is 4.39 Å². The highest BCUT2D eigenvalue weighted by Gasteiger charge is 2.21. The van der Waals surface area contributed by atoms with Crippen molar-refractivity contribution in [2.75, 3.05) is 6.61 Å². The quantitative estimate of drug-likeness (QED) is 0.728. The number of aliphatic hydroxyl groups is 1. The summed E-state index contributed by atoms with van der Waals surface area (Å²) in [5.74, 6) is -0.381. The minimum Gasteiger partial charge on any atom is -0.396 e. The number of aromatic nitrogens is 2. The Labute approximate surface area is 145 Å². The van der Waals surface area contributed by atoms with Crippen molar-refractivity contribution < 1.29 is 9.50 Å². The molecule has 0 saturated heterocycles. The molecule has 3 aromatic rings. The molecule has 0 bridgehead atoms. The van der Waals surface area contributed by atoms with Crippen LogP contribution in [0.3, 0.4) is 0 Å². The molecule has 0 amide bonds. The van der Waals surface area contributed by atoms with Crippen LogP contribution in [0.15, 0.2) is 48.8 Å². The first-order valence-corrected chi connectivity index (χ1v) is 8.17. The van der Waals surface area contributed by atoms with Gasteiger partial charge in [0.2, 0.25) is 0 Å². The van der Waals surface area contributed by atoms with Crippen molar-refractivity contribution in [1.82, 2.24) is 9.55 Å². The van der Waals surface area contributed by atoms with E-state index in [-0.39, 0.29) is 12.4 Å². The zero-order valence-corrected chi connectivity index (χ0v) is 14.1. The van der Waals surface area contributed by atoms with Crippen molar-refractivity contribution in [3.8, 4) is 22.5 Å². The number of rotatable bonds is 5. The number of aliphatic hydroxyl groups excluding tert-OH is 1. The second-order valence-electron chi connectivity index (χ2n) is 5.63. The molecule has 0 saturated carbocycles. The van der Waals surface area contributed by atoms with E-state index in [1.165, 1.54) is 6.07 Å². The highest BCUT2D eigenvalue weighted by atomic mass is 35.5. The van der Waals surface area contributed by atoms with Gasteiger partial charge in [-0.05, 0) is 25.0 Å². The summed E-state index contributed by atoms with van der Waals surface area (Å²) in [6, 6.07) is 12.7. The van der Waals surface area contributed by atoms with Gasteiger partial charge in [-0.25, -0.2) is 9.37 Å². The van der Waals surface area contributed by atoms with E-state index in [4.69, 9.17) is 16.7 Å². The Morgan fingerprint density at radius 3 is 2.62 bits per heavy atom. The second kappa shape index (κ2) is 7.16. The molecule has 3 rings (SSSR count). The normalized spacial score (nSPS) is 11.0. The lowest BCUT2D eigenvalue weighted by molar-refractivity contribution is 0.280. The minimum absolute atomic E-state index is 0.0579. The fraction of sp³-hybridized carbons (Fsp3) is 0.211. The number of imidazole rings is 1. The number of benzene rings is 2. The molecule has 0 radical (unpaired) electrons. The Balaban J connectivity index is 2.25. The van der Waals surface area contributed by atoms with Crippen LogP contribution in [0.2, 0.25) is 5.02 Å². The molecule has 0 unspecified atom stereocenters. The van der Waals surface area contributed by atoms with Crippen LogP contribution in [0, 0.1) is 12.7 Å². The SMILES string of the molecule is Cc1ccc(F)c(-c2c(-c3ccccc3)ncn2CCCO)c1Cl. The predicted molar refractivity (Wildman–Crippen MR) is 94.5 cm³/mol. The van der Waals surface area contributed by atoms with E-state index >= 15 is 0 Å². The second-order valence-corrected chi connectivity index (χ2v) is 6.01. The van der Waals surface area contributed by atoms with E-state index in [0.717, 1.165) is 11.1 Å². The number of aryl methyl sites for hydroxylation is 2. The lowest BCUT2D eigenvalue weighted by Crippen LogP contribution is -2.03. The molecule has 0 aliphatic heterocycles. The summed E-state index contributed by atoms with van der Waals surface area (Å²) < 4.78 is 16.5. The molecule has 0 spiro atoms. The summed E-state index contributed by atoms with van der Waals surface area (Å²) >= 11 is 6.42. The molecule has 1 heterocycles. The van der Waals surface area contributed by atoms with Gasteiger partial charge < -0.3 is 9.67 Å². The van der Waals surface area contributed by atoms with Crippen LogP contribution in [0.5, 0.6) is 0 Å². The molecule has 1 N–H and O–H groups in total. The third kappa shape index (κ3) is 3.07. The van der Waals surface area contributed by atoms with Crippen molar-refractivity contribution >= 4 is 11.6 Å². The van der Waals surface area contributed by atoms with E-state index in [2.05, 4.69) is 4.98 Å². The highest BCUT2D eigenvalue weighted by molar-refractivity contribution is 6.34. The summed E-state index contributed by atoms with van der Waals surface area (Å²) in [6.07, 6.45) is 2.23. The van der Waals surface area contributed by atoms with Gasteiger partial charge in [-0.2, -0.15) is 0 Å². The van der Waals surface area contributed by atoms with E-state index < -0.39 is 0 Å². The number of halogens is 2. The Morgan fingerprint density at radius 1 is 1.17 bits per heavy atom. The summed E-state index contributed by atoms with van der Waals surface area (Å²) in [5.41, 5.74) is 3.38. The van der Waals surface area contributed by atoms with Gasteiger partial charge in [0.25, 0.3) is 0 Å². The van der Waals surface area contributed by atoms with Crippen molar-refractivity contribution in [2.45, 2.75) is 19.9 Å². The van der Waals surface area contributed by atoms with Crippen LogP contribution >= 0.6 is 11.6 Å². The van der Waals surface area contributed by atoms with Crippen LogP contribution in [-0.4, -0.2) is 21.3 Å². The smallest absolute Gasteiger partial charge is 0.134 e. The molecular weight excluding hydrogens is 327 g/mol. The molecule has 0 atom stereocenters. The van der Waals surface area contributed by atoms with Gasteiger partial charge in [0.15, 0.2) is 0 Å². The first-order chi connectivity index (χ1) is 11.6. The number of hydrogen-bond donors (Lipinski definition) is 1. The standard InChI is InChI=1S/C19H18ClFN2O/c1-13-8-9-15(21)16(17(13)20)19-18(14-6-3-2-4-7-14)22-12-23(19)10-5-11-24/h2-4,6-9,12,24H,5,10-11H2,1H3. The Hall–Kier alpha value is -2.17. The number of hydrogen-bond acceptors (Lipinski definition) is 2. The van der Waals surface area contributed by atoms with Crippen molar-refractivity contribution in [2.24, 2.45) is 0 Å². The van der Waals surface area contributed by atoms with Gasteiger partial charge in [-0.3, -0.25) is 0 Å². The number of nitrogens with zero attached hydrogens (tertiary/aromatic N) is 2. The van der Waals surface area contributed by atoms with Crippen molar-refractivity contribution in [1.29, 1.82) is 0 Å². The maximum absolute atomic E-state index is 14.6. The fourth-order valence-electron chi connectivity index (χ4n) is 2.74. The molecule has 124 valence electrons. The lowest BCUT2D eigenvalue weighted by atomic mass is 10.0. The molecular formula is C19H18ClFN2O. The van der Waals surface area contributed by atoms with Gasteiger partial charge in [-0.15, -0.1) is 0 Å². The van der Waals surface area contributed by atoms with E-state index in [0.29, 0.717) is 34.9 Å². The molecule has 0 aliphatic carbocycles. The van der Waals surface area contributed by atoms with Crippen LogP contribution in [0.4, 0.5) is 4.39 Å². The minimum atomic E-state index is -0.381. The summed E-state index contributed by atoms with van der Waals surface area (Å²) in [7, 11) is 0. The van der Waals surface area contributed by atoms with Gasteiger partial charge >= 0.3 is 0 Å². The molecule has 2 aromatic carbocycles. The maximum Gasteiger partial charge on any atom is 0.134 e. The Bertz CT molecular complexity index is 846.